The lowest BCUT2D eigenvalue weighted by Gasteiger charge is -2.24. The van der Waals surface area contributed by atoms with Gasteiger partial charge in [-0.15, -0.1) is 0 Å². The predicted molar refractivity (Wildman–Crippen MR) is 83.7 cm³/mol. The number of hydrogen-bond donors (Lipinski definition) is 1. The van der Waals surface area contributed by atoms with Crippen LogP contribution in [0.25, 0.3) is 0 Å². The molecule has 0 atom stereocenters. The maximum absolute atomic E-state index is 13.2. The highest BCUT2D eigenvalue weighted by molar-refractivity contribution is 7.89. The van der Waals surface area contributed by atoms with Crippen molar-refractivity contribution in [1.29, 1.82) is 0 Å². The Labute approximate surface area is 135 Å². The van der Waals surface area contributed by atoms with Gasteiger partial charge < -0.3 is 5.32 Å². The first-order chi connectivity index (χ1) is 9.97. The molecule has 0 spiro atoms. The Kier molecular flexibility index (Phi) is 5.95. The molecule has 0 saturated heterocycles. The molecule has 0 aliphatic carbocycles. The fourth-order valence-corrected chi connectivity index (χ4v) is 3.45. The monoisotopic (exact) mass is 350 g/mol. The van der Waals surface area contributed by atoms with Crippen LogP contribution in [-0.4, -0.2) is 37.3 Å². The smallest absolute Gasteiger partial charge is 0.243 e. The molecular weight excluding hydrogens is 331 g/mol. The number of likely N-dealkylation sites (N-methyl/N-ethyl adjacent to an activating group) is 1. The van der Waals surface area contributed by atoms with E-state index >= 15 is 0 Å². The second-order valence-corrected chi connectivity index (χ2v) is 8.15. The topological polar surface area (TPSA) is 66.5 Å². The molecule has 1 N–H and O–H groups in total. The molecule has 22 heavy (non-hydrogen) atoms. The van der Waals surface area contributed by atoms with Gasteiger partial charge in [-0.2, -0.15) is 4.31 Å². The van der Waals surface area contributed by atoms with Crippen molar-refractivity contribution in [1.82, 2.24) is 9.62 Å². The number of nitrogens with zero attached hydrogens (tertiary/aromatic N) is 1. The summed E-state index contributed by atoms with van der Waals surface area (Å²) < 4.78 is 39.2. The minimum absolute atomic E-state index is 0.106. The van der Waals surface area contributed by atoms with Crippen molar-refractivity contribution in [3.05, 3.63) is 29.0 Å². The Morgan fingerprint density at radius 2 is 1.95 bits per heavy atom. The van der Waals surface area contributed by atoms with Crippen molar-refractivity contribution in [2.24, 2.45) is 0 Å². The largest absolute Gasteiger partial charge is 0.350 e. The Morgan fingerprint density at radius 1 is 1.36 bits per heavy atom. The minimum atomic E-state index is -3.92. The van der Waals surface area contributed by atoms with Crippen molar-refractivity contribution in [2.75, 3.05) is 13.1 Å². The summed E-state index contributed by atoms with van der Waals surface area (Å²) in [6, 6.07) is 3.15. The molecule has 1 rings (SSSR count). The zero-order chi connectivity index (χ0) is 17.1. The Balaban J connectivity index is 3.02. The van der Waals surface area contributed by atoms with Crippen LogP contribution in [-0.2, 0) is 14.8 Å². The third-order valence-corrected chi connectivity index (χ3v) is 4.92. The molecule has 8 heteroatoms. The van der Waals surface area contributed by atoms with Gasteiger partial charge in [0, 0.05) is 12.1 Å². The van der Waals surface area contributed by atoms with Gasteiger partial charge >= 0.3 is 0 Å². The summed E-state index contributed by atoms with van der Waals surface area (Å²) in [6.45, 7) is 6.81. The van der Waals surface area contributed by atoms with E-state index in [0.717, 1.165) is 22.5 Å². The predicted octanol–water partition coefficient (Wildman–Crippen LogP) is 2.40. The number of nitrogens with one attached hydrogen (secondary N) is 1. The van der Waals surface area contributed by atoms with Gasteiger partial charge in [-0.3, -0.25) is 4.79 Å². The van der Waals surface area contributed by atoms with Crippen molar-refractivity contribution in [3.63, 3.8) is 0 Å². The van der Waals surface area contributed by atoms with E-state index < -0.39 is 27.3 Å². The van der Waals surface area contributed by atoms with E-state index in [0.29, 0.717) is 0 Å². The van der Waals surface area contributed by atoms with E-state index in [9.17, 15) is 17.6 Å². The molecule has 1 amide bonds. The third-order valence-electron chi connectivity index (χ3n) is 2.72. The quantitative estimate of drug-likeness (QED) is 0.886. The van der Waals surface area contributed by atoms with Gasteiger partial charge in [-0.05, 0) is 39.0 Å². The first-order valence-corrected chi connectivity index (χ1v) is 8.55. The number of carbonyl (C=O) groups excluding carboxylic acids is 1. The number of rotatable bonds is 5. The van der Waals surface area contributed by atoms with Crippen LogP contribution in [0.2, 0.25) is 5.02 Å². The molecule has 0 bridgehead atoms. The summed E-state index contributed by atoms with van der Waals surface area (Å²) in [4.78, 5) is 11.8. The summed E-state index contributed by atoms with van der Waals surface area (Å²) in [5.74, 6) is -1.11. The van der Waals surface area contributed by atoms with E-state index in [-0.39, 0.29) is 23.0 Å². The average Bonchev–Trinajstić information content (AvgIpc) is 2.36. The van der Waals surface area contributed by atoms with Crippen molar-refractivity contribution in [3.8, 4) is 0 Å². The zero-order valence-electron chi connectivity index (χ0n) is 13.0. The first-order valence-electron chi connectivity index (χ1n) is 6.73. The Morgan fingerprint density at radius 3 is 2.41 bits per heavy atom. The number of sulfonamides is 1. The van der Waals surface area contributed by atoms with E-state index in [1.54, 1.807) is 27.7 Å². The number of halogens is 2. The van der Waals surface area contributed by atoms with Crippen LogP contribution in [0.15, 0.2) is 23.1 Å². The molecule has 0 aliphatic heterocycles. The van der Waals surface area contributed by atoms with Crippen LogP contribution in [0.1, 0.15) is 27.7 Å². The molecule has 5 nitrogen and oxygen atoms in total. The Bertz CT molecular complexity index is 657. The van der Waals surface area contributed by atoms with Crippen molar-refractivity contribution >= 4 is 27.5 Å². The fraction of sp³-hybridized carbons (Fsp3) is 0.500. The molecule has 0 saturated carbocycles. The van der Waals surface area contributed by atoms with Crippen LogP contribution in [0, 0.1) is 5.82 Å². The molecule has 0 aromatic heterocycles. The lowest BCUT2D eigenvalue weighted by molar-refractivity contribution is -0.122. The Hall–Kier alpha value is -1.18. The number of amides is 1. The standard InChI is InChI=1S/C14H20ClFN2O3S/c1-5-18(9-13(19)17-14(2,3)4)22(20,21)10-6-7-12(16)11(15)8-10/h6-8H,5,9H2,1-4H3,(H,17,19). The van der Waals surface area contributed by atoms with E-state index in [4.69, 9.17) is 11.6 Å². The van der Waals surface area contributed by atoms with Crippen molar-refractivity contribution in [2.45, 2.75) is 38.1 Å². The highest BCUT2D eigenvalue weighted by Crippen LogP contribution is 2.22. The summed E-state index contributed by atoms with van der Waals surface area (Å²) >= 11 is 5.62. The molecule has 0 fully saturated rings. The normalized spacial score (nSPS) is 12.5. The van der Waals surface area contributed by atoms with Crippen molar-refractivity contribution < 1.29 is 17.6 Å². The van der Waals surface area contributed by atoms with Crippen LogP contribution >= 0.6 is 11.6 Å². The van der Waals surface area contributed by atoms with Gasteiger partial charge in [0.1, 0.15) is 5.82 Å². The summed E-state index contributed by atoms with van der Waals surface area (Å²) in [7, 11) is -3.92. The molecular formula is C14H20ClFN2O3S. The molecule has 0 aliphatic rings. The van der Waals surface area contributed by atoms with Crippen LogP contribution < -0.4 is 5.32 Å². The lowest BCUT2D eigenvalue weighted by Crippen LogP contribution is -2.47. The maximum Gasteiger partial charge on any atom is 0.243 e. The molecule has 0 heterocycles. The van der Waals surface area contributed by atoms with Gasteiger partial charge in [0.05, 0.1) is 16.5 Å². The lowest BCUT2D eigenvalue weighted by atomic mass is 10.1. The first kappa shape index (κ1) is 18.9. The third kappa shape index (κ3) is 4.93. The molecule has 0 unspecified atom stereocenters. The second-order valence-electron chi connectivity index (χ2n) is 5.81. The maximum atomic E-state index is 13.2. The molecule has 124 valence electrons. The molecule has 1 aromatic rings. The molecule has 0 radical (unpaired) electrons. The highest BCUT2D eigenvalue weighted by atomic mass is 35.5. The summed E-state index contributed by atoms with van der Waals surface area (Å²) in [5, 5.41) is 2.42. The van der Waals surface area contributed by atoms with E-state index in [1.165, 1.54) is 0 Å². The summed E-state index contributed by atoms with van der Waals surface area (Å²) in [6.07, 6.45) is 0. The minimum Gasteiger partial charge on any atom is -0.350 e. The zero-order valence-corrected chi connectivity index (χ0v) is 14.6. The van der Waals surface area contributed by atoms with Crippen LogP contribution in [0.5, 0.6) is 0 Å². The highest BCUT2D eigenvalue weighted by Gasteiger charge is 2.27. The van der Waals surface area contributed by atoms with Crippen LogP contribution in [0.3, 0.4) is 0 Å². The number of hydrogen-bond acceptors (Lipinski definition) is 3. The van der Waals surface area contributed by atoms with Crippen LogP contribution in [0.4, 0.5) is 4.39 Å². The fourth-order valence-electron chi connectivity index (χ4n) is 1.77. The van der Waals surface area contributed by atoms with E-state index in [2.05, 4.69) is 5.32 Å². The summed E-state index contributed by atoms with van der Waals surface area (Å²) in [5.41, 5.74) is -0.459. The number of benzene rings is 1. The van der Waals surface area contributed by atoms with Gasteiger partial charge in [0.25, 0.3) is 0 Å². The van der Waals surface area contributed by atoms with Gasteiger partial charge in [-0.1, -0.05) is 18.5 Å². The number of carbonyl (C=O) groups is 1. The molecule has 1 aromatic carbocycles. The second kappa shape index (κ2) is 6.93. The average molecular weight is 351 g/mol. The van der Waals surface area contributed by atoms with Gasteiger partial charge in [0.2, 0.25) is 15.9 Å². The van der Waals surface area contributed by atoms with Gasteiger partial charge in [0.15, 0.2) is 0 Å². The van der Waals surface area contributed by atoms with Gasteiger partial charge in [-0.25, -0.2) is 12.8 Å². The SMILES string of the molecule is CCN(CC(=O)NC(C)(C)C)S(=O)(=O)c1ccc(F)c(Cl)c1. The van der Waals surface area contributed by atoms with E-state index in [1.807, 2.05) is 0 Å².